The van der Waals surface area contributed by atoms with Gasteiger partial charge in [0.1, 0.15) is 5.82 Å². The number of nitrogens with one attached hydrogen (secondary N) is 2. The second-order valence-electron chi connectivity index (χ2n) is 4.28. The van der Waals surface area contributed by atoms with Crippen LogP contribution in [-0.2, 0) is 0 Å². The number of hydrogen-bond acceptors (Lipinski definition) is 3. The highest BCUT2D eigenvalue weighted by molar-refractivity contribution is 9.10. The van der Waals surface area contributed by atoms with Crippen LogP contribution in [0.15, 0.2) is 22.7 Å². The van der Waals surface area contributed by atoms with Crippen LogP contribution in [0.1, 0.15) is 36.2 Å². The monoisotopic (exact) mass is 342 g/mol. The van der Waals surface area contributed by atoms with Gasteiger partial charge in [0, 0.05) is 10.4 Å². The number of H-pyrrole nitrogens is 1. The Hall–Kier alpha value is -1.40. The first-order valence-electron chi connectivity index (χ1n) is 5.66. The van der Waals surface area contributed by atoms with Crippen LogP contribution in [0.3, 0.4) is 0 Å². The van der Waals surface area contributed by atoms with Crippen molar-refractivity contribution in [2.24, 2.45) is 0 Å². The third-order valence-electron chi connectivity index (χ3n) is 2.43. The van der Waals surface area contributed by atoms with E-state index in [4.69, 9.17) is 11.6 Å². The van der Waals surface area contributed by atoms with E-state index in [1.54, 1.807) is 18.2 Å². The molecule has 0 aliphatic heterocycles. The summed E-state index contributed by atoms with van der Waals surface area (Å²) in [6.45, 7) is 3.93. The van der Waals surface area contributed by atoms with Crippen LogP contribution >= 0.6 is 27.5 Å². The first kappa shape index (κ1) is 14.0. The number of carbonyl (C=O) groups is 1. The Morgan fingerprint density at radius 3 is 2.79 bits per heavy atom. The Morgan fingerprint density at radius 1 is 1.47 bits per heavy atom. The Bertz CT molecular complexity index is 612. The van der Waals surface area contributed by atoms with E-state index in [1.165, 1.54) is 0 Å². The number of anilines is 1. The Kier molecular flexibility index (Phi) is 4.21. The van der Waals surface area contributed by atoms with Crippen LogP contribution in [0.2, 0.25) is 5.02 Å². The summed E-state index contributed by atoms with van der Waals surface area (Å²) in [6, 6.07) is 5.20. The molecule has 2 aromatic rings. The highest BCUT2D eigenvalue weighted by Gasteiger charge is 2.15. The van der Waals surface area contributed by atoms with Crippen molar-refractivity contribution in [1.82, 2.24) is 15.2 Å². The van der Waals surface area contributed by atoms with Gasteiger partial charge < -0.3 is 5.32 Å². The zero-order valence-electron chi connectivity index (χ0n) is 10.4. The molecule has 0 fully saturated rings. The van der Waals surface area contributed by atoms with Crippen LogP contribution in [0.4, 0.5) is 5.69 Å². The van der Waals surface area contributed by atoms with Gasteiger partial charge in [0.15, 0.2) is 0 Å². The molecule has 0 aliphatic carbocycles. The van der Waals surface area contributed by atoms with Gasteiger partial charge in [0.25, 0.3) is 5.91 Å². The van der Waals surface area contributed by atoms with Crippen LogP contribution in [0.25, 0.3) is 0 Å². The predicted molar refractivity (Wildman–Crippen MR) is 77.6 cm³/mol. The molecule has 0 aliphatic rings. The number of nitrogens with zero attached hydrogens (tertiary/aromatic N) is 2. The van der Waals surface area contributed by atoms with Crippen molar-refractivity contribution in [1.29, 1.82) is 0 Å². The molecule has 1 heterocycles. The van der Waals surface area contributed by atoms with E-state index in [2.05, 4.69) is 36.4 Å². The number of aromatic amines is 1. The van der Waals surface area contributed by atoms with Crippen molar-refractivity contribution in [3.8, 4) is 0 Å². The van der Waals surface area contributed by atoms with Gasteiger partial charge >= 0.3 is 0 Å². The number of hydrogen-bond donors (Lipinski definition) is 2. The van der Waals surface area contributed by atoms with Gasteiger partial charge in [-0.25, -0.2) is 4.98 Å². The quantitative estimate of drug-likeness (QED) is 0.894. The largest absolute Gasteiger partial charge is 0.318 e. The minimum atomic E-state index is -0.396. The summed E-state index contributed by atoms with van der Waals surface area (Å²) in [5, 5.41) is 9.73. The molecular weight excluding hydrogens is 332 g/mol. The minimum absolute atomic E-state index is 0.0997. The number of aromatic nitrogens is 3. The topological polar surface area (TPSA) is 70.7 Å². The Morgan fingerprint density at radius 2 is 2.21 bits per heavy atom. The Balaban J connectivity index is 2.16. The summed E-state index contributed by atoms with van der Waals surface area (Å²) in [4.78, 5) is 16.1. The van der Waals surface area contributed by atoms with Crippen molar-refractivity contribution in [2.45, 2.75) is 19.8 Å². The standard InChI is InChI=1S/C12H12BrClN4O/c1-6(2)10-16-11(18-17-10)12(19)15-9-4-3-7(13)5-8(9)14/h3-6H,1-2H3,(H,15,19)(H,16,17,18). The maximum atomic E-state index is 12.0. The van der Waals surface area contributed by atoms with Gasteiger partial charge in [0.2, 0.25) is 5.82 Å². The number of amides is 1. The molecule has 1 amide bonds. The predicted octanol–water partition coefficient (Wildman–Crippen LogP) is 3.60. The van der Waals surface area contributed by atoms with E-state index in [9.17, 15) is 4.79 Å². The summed E-state index contributed by atoms with van der Waals surface area (Å²) < 4.78 is 0.843. The molecule has 0 radical (unpaired) electrons. The first-order valence-corrected chi connectivity index (χ1v) is 6.83. The maximum absolute atomic E-state index is 12.0. The highest BCUT2D eigenvalue weighted by atomic mass is 79.9. The highest BCUT2D eigenvalue weighted by Crippen LogP contribution is 2.25. The van der Waals surface area contributed by atoms with Crippen molar-refractivity contribution in [2.75, 3.05) is 5.32 Å². The van der Waals surface area contributed by atoms with Crippen molar-refractivity contribution in [3.05, 3.63) is 39.3 Å². The van der Waals surface area contributed by atoms with Crippen LogP contribution in [-0.4, -0.2) is 21.1 Å². The second-order valence-corrected chi connectivity index (χ2v) is 5.60. The molecule has 0 saturated heterocycles. The van der Waals surface area contributed by atoms with Crippen LogP contribution < -0.4 is 5.32 Å². The lowest BCUT2D eigenvalue weighted by atomic mass is 10.2. The summed E-state index contributed by atoms with van der Waals surface area (Å²) >= 11 is 9.32. The van der Waals surface area contributed by atoms with E-state index in [1.807, 2.05) is 13.8 Å². The molecule has 0 spiro atoms. The summed E-state index contributed by atoms with van der Waals surface area (Å²) in [6.07, 6.45) is 0. The first-order chi connectivity index (χ1) is 8.97. The van der Waals surface area contributed by atoms with Crippen LogP contribution in [0.5, 0.6) is 0 Å². The number of carbonyl (C=O) groups excluding carboxylic acids is 1. The fraction of sp³-hybridized carbons (Fsp3) is 0.250. The summed E-state index contributed by atoms with van der Waals surface area (Å²) in [5.41, 5.74) is 0.519. The smallest absolute Gasteiger partial charge is 0.295 e. The lowest BCUT2D eigenvalue weighted by molar-refractivity contribution is 0.101. The van der Waals surface area contributed by atoms with E-state index in [0.29, 0.717) is 16.5 Å². The number of benzene rings is 1. The van der Waals surface area contributed by atoms with E-state index < -0.39 is 5.91 Å². The molecule has 2 N–H and O–H groups in total. The molecule has 1 aromatic carbocycles. The average molecular weight is 344 g/mol. The summed E-state index contributed by atoms with van der Waals surface area (Å²) in [7, 11) is 0. The molecule has 0 atom stereocenters. The molecule has 2 rings (SSSR count). The molecule has 0 bridgehead atoms. The zero-order valence-corrected chi connectivity index (χ0v) is 12.7. The van der Waals surface area contributed by atoms with Gasteiger partial charge in [-0.2, -0.15) is 0 Å². The van der Waals surface area contributed by atoms with E-state index >= 15 is 0 Å². The molecular formula is C12H12BrClN4O. The van der Waals surface area contributed by atoms with Crippen molar-refractivity contribution in [3.63, 3.8) is 0 Å². The maximum Gasteiger partial charge on any atom is 0.295 e. The second kappa shape index (κ2) is 5.71. The van der Waals surface area contributed by atoms with Crippen molar-refractivity contribution >= 4 is 39.1 Å². The van der Waals surface area contributed by atoms with Crippen molar-refractivity contribution < 1.29 is 4.79 Å². The lowest BCUT2D eigenvalue weighted by Crippen LogP contribution is -2.14. The lowest BCUT2D eigenvalue weighted by Gasteiger charge is -2.05. The molecule has 100 valence electrons. The van der Waals surface area contributed by atoms with Gasteiger partial charge in [-0.3, -0.25) is 9.89 Å². The Labute approximate surface area is 123 Å². The van der Waals surface area contributed by atoms with E-state index in [0.717, 1.165) is 4.47 Å². The SMILES string of the molecule is CC(C)c1nc(C(=O)Nc2ccc(Br)cc2Cl)n[nH]1. The molecule has 19 heavy (non-hydrogen) atoms. The fourth-order valence-corrected chi connectivity index (χ4v) is 2.12. The average Bonchev–Trinajstić information content (AvgIpc) is 2.82. The van der Waals surface area contributed by atoms with Gasteiger partial charge in [-0.05, 0) is 18.2 Å². The third kappa shape index (κ3) is 3.33. The molecule has 5 nitrogen and oxygen atoms in total. The van der Waals surface area contributed by atoms with Gasteiger partial charge in [-0.1, -0.05) is 41.4 Å². The molecule has 1 aromatic heterocycles. The van der Waals surface area contributed by atoms with Crippen LogP contribution in [0, 0.1) is 0 Å². The number of halogens is 2. The molecule has 0 saturated carbocycles. The third-order valence-corrected chi connectivity index (χ3v) is 3.24. The summed E-state index contributed by atoms with van der Waals surface area (Å²) in [5.74, 6) is 0.562. The van der Waals surface area contributed by atoms with Gasteiger partial charge in [-0.15, -0.1) is 5.10 Å². The van der Waals surface area contributed by atoms with E-state index in [-0.39, 0.29) is 11.7 Å². The zero-order chi connectivity index (χ0) is 14.0. The normalized spacial score (nSPS) is 10.8. The molecule has 7 heteroatoms. The fourth-order valence-electron chi connectivity index (χ4n) is 1.40. The van der Waals surface area contributed by atoms with Gasteiger partial charge in [0.05, 0.1) is 10.7 Å². The molecule has 0 unspecified atom stereocenters. The number of rotatable bonds is 3. The minimum Gasteiger partial charge on any atom is -0.318 e.